The molecule has 0 fully saturated rings. The van der Waals surface area contributed by atoms with Gasteiger partial charge in [0.1, 0.15) is 5.82 Å². The summed E-state index contributed by atoms with van der Waals surface area (Å²) in [4.78, 5) is 19.1. The number of fused-ring (bicyclic) bond motifs is 1. The van der Waals surface area contributed by atoms with Crippen molar-refractivity contribution in [2.24, 2.45) is 0 Å². The van der Waals surface area contributed by atoms with Gasteiger partial charge in [0.25, 0.3) is 0 Å². The predicted octanol–water partition coefficient (Wildman–Crippen LogP) is 5.19. The van der Waals surface area contributed by atoms with Crippen molar-refractivity contribution in [1.82, 2.24) is 5.32 Å². The lowest BCUT2D eigenvalue weighted by Crippen LogP contribution is -2.17. The Labute approximate surface area is 193 Å². The monoisotopic (exact) mass is 535 g/mol. The van der Waals surface area contributed by atoms with Crippen molar-refractivity contribution in [2.75, 3.05) is 7.05 Å². The molecule has 0 spiro atoms. The van der Waals surface area contributed by atoms with Crippen LogP contribution >= 0.6 is 22.6 Å². The van der Waals surface area contributed by atoms with E-state index in [4.69, 9.17) is 10.2 Å². The summed E-state index contributed by atoms with van der Waals surface area (Å²) in [5.74, 6) is -2.70. The van der Waals surface area contributed by atoms with E-state index in [-0.39, 0.29) is 11.9 Å². The molecule has 3 aromatic rings. The fourth-order valence-electron chi connectivity index (χ4n) is 3.15. The Balaban J connectivity index is 0.000000366. The van der Waals surface area contributed by atoms with E-state index in [1.165, 1.54) is 32.0 Å². The number of nitrogens with one attached hydrogen (secondary N) is 1. The molecule has 0 bridgehead atoms. The average Bonchev–Trinajstić information content (AvgIpc) is 2.74. The molecule has 0 heterocycles. The molecule has 1 atom stereocenters. The Morgan fingerprint density at radius 2 is 1.68 bits per heavy atom. The molecule has 0 aliphatic rings. The van der Waals surface area contributed by atoms with Gasteiger partial charge in [-0.25, -0.2) is 14.0 Å². The van der Waals surface area contributed by atoms with Gasteiger partial charge in [-0.3, -0.25) is 0 Å². The minimum Gasteiger partial charge on any atom is -0.478 e. The first-order valence-corrected chi connectivity index (χ1v) is 10.6. The molecule has 0 radical (unpaired) electrons. The van der Waals surface area contributed by atoms with Crippen LogP contribution in [0.4, 0.5) is 4.39 Å². The molecule has 0 saturated heterocycles. The molecular formula is C24H23FINO4. The third-order valence-electron chi connectivity index (χ3n) is 4.62. The van der Waals surface area contributed by atoms with E-state index in [0.29, 0.717) is 12.2 Å². The van der Waals surface area contributed by atoms with Crippen LogP contribution in [0.3, 0.4) is 0 Å². The van der Waals surface area contributed by atoms with Gasteiger partial charge in [-0.15, -0.1) is 0 Å². The first kappa shape index (κ1) is 24.5. The summed E-state index contributed by atoms with van der Waals surface area (Å²) in [6.45, 7) is 0. The van der Waals surface area contributed by atoms with Gasteiger partial charge in [0.2, 0.25) is 0 Å². The largest absolute Gasteiger partial charge is 0.478 e. The average molecular weight is 535 g/mol. The highest BCUT2D eigenvalue weighted by Crippen LogP contribution is 2.25. The van der Waals surface area contributed by atoms with Crippen LogP contribution in [0.15, 0.2) is 72.8 Å². The van der Waals surface area contributed by atoms with Crippen LogP contribution in [0.25, 0.3) is 10.8 Å². The van der Waals surface area contributed by atoms with E-state index in [9.17, 15) is 14.0 Å². The van der Waals surface area contributed by atoms with Gasteiger partial charge in [-0.1, -0.05) is 36.4 Å². The fourth-order valence-corrected chi connectivity index (χ4v) is 3.67. The van der Waals surface area contributed by atoms with Crippen molar-refractivity contribution >= 4 is 45.3 Å². The van der Waals surface area contributed by atoms with Crippen molar-refractivity contribution in [3.63, 3.8) is 0 Å². The first-order chi connectivity index (χ1) is 14.8. The number of hydrogen-bond donors (Lipinski definition) is 3. The summed E-state index contributed by atoms with van der Waals surface area (Å²) < 4.78 is 14.3. The van der Waals surface area contributed by atoms with Crippen LogP contribution in [0.2, 0.25) is 0 Å². The number of halogens is 2. The van der Waals surface area contributed by atoms with Crippen molar-refractivity contribution in [2.45, 2.75) is 18.9 Å². The second-order valence-electron chi connectivity index (χ2n) is 6.72. The molecule has 162 valence electrons. The van der Waals surface area contributed by atoms with Crippen LogP contribution in [0.1, 0.15) is 23.6 Å². The number of carbonyl (C=O) groups is 2. The first-order valence-electron chi connectivity index (χ1n) is 9.54. The Bertz CT molecular complexity index is 1050. The number of rotatable bonds is 7. The highest BCUT2D eigenvalue weighted by Gasteiger charge is 2.10. The van der Waals surface area contributed by atoms with Crippen molar-refractivity contribution in [1.29, 1.82) is 0 Å². The molecule has 0 amide bonds. The molecule has 0 aliphatic carbocycles. The fraction of sp³-hybridized carbons (Fsp3) is 0.167. The maximum atomic E-state index is 13.1. The van der Waals surface area contributed by atoms with Gasteiger partial charge in [0.05, 0.1) is 0 Å². The number of aliphatic carboxylic acids is 2. The van der Waals surface area contributed by atoms with Gasteiger partial charge in [0, 0.05) is 21.8 Å². The molecule has 3 rings (SSSR count). The standard InChI is InChI=1S/C20H19FIN.C4H4O4/c1-23-20(15-5-8-17(21)9-6-15)12-7-14-3-2-4-16-13-18(22)10-11-19(14)16;5-3(6)1-2-4(7)8/h2-6,8-11,13,20,23H,7,12H2,1H3;1-2H,(H,5,6)(H,7,8)/b;2-1-. The number of benzene rings is 3. The Kier molecular flexibility index (Phi) is 9.61. The second-order valence-corrected chi connectivity index (χ2v) is 7.97. The maximum Gasteiger partial charge on any atom is 0.328 e. The molecule has 7 heteroatoms. The molecule has 0 saturated carbocycles. The highest BCUT2D eigenvalue weighted by atomic mass is 127. The van der Waals surface area contributed by atoms with Crippen LogP contribution in [-0.4, -0.2) is 29.2 Å². The maximum absolute atomic E-state index is 13.1. The number of carboxylic acid groups (broad SMARTS) is 2. The summed E-state index contributed by atoms with van der Waals surface area (Å²) in [7, 11) is 1.96. The zero-order valence-electron chi connectivity index (χ0n) is 16.9. The van der Waals surface area contributed by atoms with Crippen molar-refractivity contribution in [3.05, 3.63) is 93.3 Å². The van der Waals surface area contributed by atoms with E-state index in [1.54, 1.807) is 0 Å². The van der Waals surface area contributed by atoms with Crippen LogP contribution in [-0.2, 0) is 16.0 Å². The molecule has 0 aromatic heterocycles. The highest BCUT2D eigenvalue weighted by molar-refractivity contribution is 14.1. The predicted molar refractivity (Wildman–Crippen MR) is 128 cm³/mol. The Morgan fingerprint density at radius 3 is 2.26 bits per heavy atom. The SMILES string of the molecule is CNC(CCc1cccc2cc(I)ccc12)c1ccc(F)cc1.O=C(O)/C=C\C(=O)O. The van der Waals surface area contributed by atoms with E-state index in [1.807, 2.05) is 19.2 Å². The van der Waals surface area contributed by atoms with Gasteiger partial charge in [-0.2, -0.15) is 0 Å². The van der Waals surface area contributed by atoms with Crippen molar-refractivity contribution in [3.8, 4) is 0 Å². The molecule has 1 unspecified atom stereocenters. The molecule has 3 aromatic carbocycles. The van der Waals surface area contributed by atoms with Crippen LogP contribution < -0.4 is 5.32 Å². The number of aryl methyl sites for hydroxylation is 1. The summed E-state index contributed by atoms with van der Waals surface area (Å²) in [5.41, 5.74) is 2.49. The van der Waals surface area contributed by atoms with Gasteiger partial charge in [-0.05, 0) is 88.6 Å². The number of carboxylic acids is 2. The third-order valence-corrected chi connectivity index (χ3v) is 5.30. The summed E-state index contributed by atoms with van der Waals surface area (Å²) in [5, 5.41) is 21.6. The smallest absolute Gasteiger partial charge is 0.328 e. The zero-order chi connectivity index (χ0) is 22.8. The topological polar surface area (TPSA) is 86.6 Å². The quantitative estimate of drug-likeness (QED) is 0.287. The lowest BCUT2D eigenvalue weighted by Gasteiger charge is -2.17. The van der Waals surface area contributed by atoms with E-state index in [0.717, 1.165) is 18.4 Å². The zero-order valence-corrected chi connectivity index (χ0v) is 19.0. The molecule has 0 aliphatic heterocycles. The van der Waals surface area contributed by atoms with E-state index in [2.05, 4.69) is 64.3 Å². The summed E-state index contributed by atoms with van der Waals surface area (Å²) in [6, 6.07) is 20.1. The Morgan fingerprint density at radius 1 is 1.03 bits per heavy atom. The van der Waals surface area contributed by atoms with Crippen LogP contribution in [0, 0.1) is 9.39 Å². The lowest BCUT2D eigenvalue weighted by atomic mass is 9.96. The minimum atomic E-state index is -1.26. The Hall–Kier alpha value is -2.78. The van der Waals surface area contributed by atoms with Gasteiger partial charge < -0.3 is 15.5 Å². The van der Waals surface area contributed by atoms with Gasteiger partial charge >= 0.3 is 11.9 Å². The molecular weight excluding hydrogens is 512 g/mol. The number of hydrogen-bond acceptors (Lipinski definition) is 3. The molecule has 3 N–H and O–H groups in total. The second kappa shape index (κ2) is 12.2. The molecule has 31 heavy (non-hydrogen) atoms. The van der Waals surface area contributed by atoms with Gasteiger partial charge in [0.15, 0.2) is 0 Å². The summed E-state index contributed by atoms with van der Waals surface area (Å²) >= 11 is 2.35. The summed E-state index contributed by atoms with van der Waals surface area (Å²) in [6.07, 6.45) is 3.08. The molecule has 5 nitrogen and oxygen atoms in total. The van der Waals surface area contributed by atoms with E-state index < -0.39 is 11.9 Å². The lowest BCUT2D eigenvalue weighted by molar-refractivity contribution is -0.134. The normalized spacial score (nSPS) is 11.7. The third kappa shape index (κ3) is 8.10. The van der Waals surface area contributed by atoms with E-state index >= 15 is 0 Å². The minimum absolute atomic E-state index is 0.188. The van der Waals surface area contributed by atoms with Crippen LogP contribution in [0.5, 0.6) is 0 Å². The van der Waals surface area contributed by atoms with Crippen molar-refractivity contribution < 1.29 is 24.2 Å².